The molecule has 0 radical (unpaired) electrons. The molecule has 0 saturated carbocycles. The third kappa shape index (κ3) is 2.77. The lowest BCUT2D eigenvalue weighted by molar-refractivity contribution is 0.971. The SMILES string of the molecule is c1ccc(-c2ccc(-c3nccnn3)nc2-c2ccccc2)cc1. The molecule has 0 spiro atoms. The number of nitrogens with zero attached hydrogens (tertiary/aromatic N) is 4. The summed E-state index contributed by atoms with van der Waals surface area (Å²) in [7, 11) is 0. The Morgan fingerprint density at radius 3 is 2.00 bits per heavy atom. The summed E-state index contributed by atoms with van der Waals surface area (Å²) < 4.78 is 0. The van der Waals surface area contributed by atoms with Gasteiger partial charge < -0.3 is 0 Å². The van der Waals surface area contributed by atoms with Gasteiger partial charge in [0.05, 0.1) is 11.9 Å². The molecule has 0 aliphatic rings. The Kier molecular flexibility index (Phi) is 3.78. The lowest BCUT2D eigenvalue weighted by atomic mass is 9.99. The second-order valence-corrected chi connectivity index (χ2v) is 5.29. The summed E-state index contributed by atoms with van der Waals surface area (Å²) in [5, 5.41) is 7.95. The minimum Gasteiger partial charge on any atom is -0.244 e. The van der Waals surface area contributed by atoms with E-state index in [2.05, 4.69) is 45.5 Å². The van der Waals surface area contributed by atoms with Crippen molar-refractivity contribution in [2.24, 2.45) is 0 Å². The van der Waals surface area contributed by atoms with Gasteiger partial charge in [0.15, 0.2) is 5.82 Å². The van der Waals surface area contributed by atoms with Crippen molar-refractivity contribution >= 4 is 0 Å². The van der Waals surface area contributed by atoms with E-state index in [1.54, 1.807) is 12.4 Å². The van der Waals surface area contributed by atoms with Crippen LogP contribution in [-0.2, 0) is 0 Å². The molecule has 0 atom stereocenters. The fraction of sp³-hybridized carbons (Fsp3) is 0. The zero-order valence-electron chi connectivity index (χ0n) is 12.9. The maximum absolute atomic E-state index is 4.82. The Labute approximate surface area is 139 Å². The van der Waals surface area contributed by atoms with Crippen molar-refractivity contribution in [1.29, 1.82) is 0 Å². The van der Waals surface area contributed by atoms with Crippen molar-refractivity contribution in [3.05, 3.63) is 85.2 Å². The first-order valence-electron chi connectivity index (χ1n) is 7.68. The van der Waals surface area contributed by atoms with Gasteiger partial charge in [0.1, 0.15) is 5.69 Å². The molecule has 0 bridgehead atoms. The predicted molar refractivity (Wildman–Crippen MR) is 93.9 cm³/mol. The van der Waals surface area contributed by atoms with Crippen LogP contribution < -0.4 is 0 Å². The Balaban J connectivity index is 1.92. The van der Waals surface area contributed by atoms with Crippen molar-refractivity contribution in [1.82, 2.24) is 20.2 Å². The number of benzene rings is 2. The molecule has 24 heavy (non-hydrogen) atoms. The molecule has 0 aliphatic carbocycles. The van der Waals surface area contributed by atoms with Gasteiger partial charge in [0.2, 0.25) is 0 Å². The lowest BCUT2D eigenvalue weighted by Crippen LogP contribution is -1.96. The van der Waals surface area contributed by atoms with E-state index in [-0.39, 0.29) is 0 Å². The van der Waals surface area contributed by atoms with Crippen LogP contribution in [0.3, 0.4) is 0 Å². The van der Waals surface area contributed by atoms with Gasteiger partial charge in [-0.05, 0) is 17.7 Å². The highest BCUT2D eigenvalue weighted by Gasteiger charge is 2.12. The maximum atomic E-state index is 4.82. The number of hydrogen-bond donors (Lipinski definition) is 0. The molecule has 0 saturated heterocycles. The fourth-order valence-electron chi connectivity index (χ4n) is 2.62. The highest BCUT2D eigenvalue weighted by molar-refractivity contribution is 5.82. The standard InChI is InChI=1S/C20H14N4/c1-3-7-15(8-4-1)17-11-12-18(20-21-13-14-22-24-20)23-19(17)16-9-5-2-6-10-16/h1-14H. The highest BCUT2D eigenvalue weighted by atomic mass is 15.1. The van der Waals surface area contributed by atoms with Gasteiger partial charge in [0, 0.05) is 17.3 Å². The summed E-state index contributed by atoms with van der Waals surface area (Å²) >= 11 is 0. The normalized spacial score (nSPS) is 10.5. The molecule has 0 fully saturated rings. The van der Waals surface area contributed by atoms with E-state index in [1.807, 2.05) is 42.5 Å². The van der Waals surface area contributed by atoms with E-state index in [0.29, 0.717) is 11.5 Å². The average molecular weight is 310 g/mol. The summed E-state index contributed by atoms with van der Waals surface area (Å²) in [4.78, 5) is 9.07. The van der Waals surface area contributed by atoms with Crippen molar-refractivity contribution in [2.45, 2.75) is 0 Å². The number of pyridine rings is 1. The number of aromatic nitrogens is 4. The van der Waals surface area contributed by atoms with Gasteiger partial charge in [-0.3, -0.25) is 0 Å². The summed E-state index contributed by atoms with van der Waals surface area (Å²) in [6.45, 7) is 0. The molecule has 0 N–H and O–H groups in total. The first kappa shape index (κ1) is 14.2. The van der Waals surface area contributed by atoms with Gasteiger partial charge in [0.25, 0.3) is 0 Å². The summed E-state index contributed by atoms with van der Waals surface area (Å²) in [6.07, 6.45) is 3.18. The van der Waals surface area contributed by atoms with Crippen LogP contribution in [0.4, 0.5) is 0 Å². The molecule has 0 unspecified atom stereocenters. The third-order valence-electron chi connectivity index (χ3n) is 3.74. The summed E-state index contributed by atoms with van der Waals surface area (Å²) in [5.74, 6) is 0.522. The molecular weight excluding hydrogens is 296 g/mol. The van der Waals surface area contributed by atoms with Gasteiger partial charge in [-0.15, -0.1) is 5.10 Å². The second kappa shape index (κ2) is 6.38. The minimum atomic E-state index is 0.522. The minimum absolute atomic E-state index is 0.522. The first-order chi connectivity index (χ1) is 11.9. The van der Waals surface area contributed by atoms with Crippen molar-refractivity contribution in [3.8, 4) is 33.9 Å². The smallest absolute Gasteiger partial charge is 0.200 e. The van der Waals surface area contributed by atoms with Crippen LogP contribution in [0.25, 0.3) is 33.9 Å². The molecule has 4 heteroatoms. The van der Waals surface area contributed by atoms with Crippen molar-refractivity contribution in [2.75, 3.05) is 0 Å². The van der Waals surface area contributed by atoms with Gasteiger partial charge in [-0.2, -0.15) is 5.10 Å². The molecule has 4 nitrogen and oxygen atoms in total. The molecule has 114 valence electrons. The number of rotatable bonds is 3. The van der Waals surface area contributed by atoms with Crippen LogP contribution >= 0.6 is 0 Å². The quantitative estimate of drug-likeness (QED) is 0.567. The Morgan fingerprint density at radius 2 is 1.33 bits per heavy atom. The zero-order chi connectivity index (χ0) is 16.2. The van der Waals surface area contributed by atoms with E-state index >= 15 is 0 Å². The van der Waals surface area contributed by atoms with Crippen molar-refractivity contribution in [3.63, 3.8) is 0 Å². The molecule has 0 amide bonds. The molecule has 2 aromatic carbocycles. The summed E-state index contributed by atoms with van der Waals surface area (Å²) in [5.41, 5.74) is 4.88. The molecule has 2 heterocycles. The van der Waals surface area contributed by atoms with Crippen molar-refractivity contribution < 1.29 is 0 Å². The van der Waals surface area contributed by atoms with Gasteiger partial charge in [-0.25, -0.2) is 9.97 Å². The largest absolute Gasteiger partial charge is 0.244 e. The topological polar surface area (TPSA) is 51.6 Å². The second-order valence-electron chi connectivity index (χ2n) is 5.29. The summed E-state index contributed by atoms with van der Waals surface area (Å²) in [6, 6.07) is 24.4. The molecule has 0 aliphatic heterocycles. The Morgan fingerprint density at radius 1 is 0.625 bits per heavy atom. The third-order valence-corrected chi connectivity index (χ3v) is 3.74. The van der Waals surface area contributed by atoms with E-state index in [4.69, 9.17) is 4.98 Å². The molecule has 4 aromatic rings. The Bertz CT molecular complexity index is 939. The van der Waals surface area contributed by atoms with E-state index in [9.17, 15) is 0 Å². The van der Waals surface area contributed by atoms with E-state index < -0.39 is 0 Å². The van der Waals surface area contributed by atoms with Crippen LogP contribution in [0.15, 0.2) is 85.2 Å². The van der Waals surface area contributed by atoms with Gasteiger partial charge in [-0.1, -0.05) is 60.7 Å². The fourth-order valence-corrected chi connectivity index (χ4v) is 2.62. The van der Waals surface area contributed by atoms with E-state index in [1.165, 1.54) is 0 Å². The highest BCUT2D eigenvalue weighted by Crippen LogP contribution is 2.32. The average Bonchev–Trinajstić information content (AvgIpc) is 2.69. The molecular formula is C20H14N4. The predicted octanol–water partition coefficient (Wildman–Crippen LogP) is 4.27. The van der Waals surface area contributed by atoms with Crippen LogP contribution in [0.5, 0.6) is 0 Å². The van der Waals surface area contributed by atoms with E-state index in [0.717, 1.165) is 22.4 Å². The first-order valence-corrected chi connectivity index (χ1v) is 7.68. The maximum Gasteiger partial charge on any atom is 0.200 e. The molecule has 4 rings (SSSR count). The monoisotopic (exact) mass is 310 g/mol. The van der Waals surface area contributed by atoms with Crippen LogP contribution in [0.1, 0.15) is 0 Å². The van der Waals surface area contributed by atoms with Crippen LogP contribution in [-0.4, -0.2) is 20.2 Å². The lowest BCUT2D eigenvalue weighted by Gasteiger charge is -2.11. The molecule has 2 aromatic heterocycles. The van der Waals surface area contributed by atoms with Crippen LogP contribution in [0, 0.1) is 0 Å². The zero-order valence-corrected chi connectivity index (χ0v) is 12.9. The van der Waals surface area contributed by atoms with Gasteiger partial charge >= 0.3 is 0 Å². The van der Waals surface area contributed by atoms with Crippen LogP contribution in [0.2, 0.25) is 0 Å². The Hall–Kier alpha value is -3.40. The number of hydrogen-bond acceptors (Lipinski definition) is 4.